The molecule has 4 bridgehead atoms. The number of fused-ring (bicyclic) bond motifs is 6. The first kappa shape index (κ1) is 26.9. The van der Waals surface area contributed by atoms with Gasteiger partial charge in [-0.1, -0.05) is 31.7 Å². The van der Waals surface area contributed by atoms with Crippen LogP contribution in [-0.4, -0.2) is 50.9 Å². The molecule has 2 N–H and O–H groups in total. The van der Waals surface area contributed by atoms with Crippen molar-refractivity contribution in [2.24, 2.45) is 11.8 Å². The Labute approximate surface area is 240 Å². The van der Waals surface area contributed by atoms with Crippen LogP contribution in [0.3, 0.4) is 0 Å². The zero-order valence-electron chi connectivity index (χ0n) is 23.4. The van der Waals surface area contributed by atoms with Gasteiger partial charge < -0.3 is 15.0 Å². The summed E-state index contributed by atoms with van der Waals surface area (Å²) in [4.78, 5) is 25.5. The Kier molecular flexibility index (Phi) is 7.87. The molecular weight excluding hydrogens is 522 g/mol. The zero-order valence-corrected chi connectivity index (χ0v) is 24.3. The molecule has 2 fully saturated rings. The van der Waals surface area contributed by atoms with Crippen LogP contribution in [0, 0.1) is 11.8 Å². The van der Waals surface area contributed by atoms with Gasteiger partial charge >= 0.3 is 0 Å². The van der Waals surface area contributed by atoms with E-state index in [0.717, 1.165) is 55.5 Å². The topological polar surface area (TPSA) is 97.2 Å². The van der Waals surface area contributed by atoms with Crippen molar-refractivity contribution >= 4 is 29.5 Å². The van der Waals surface area contributed by atoms with Gasteiger partial charge in [0.05, 0.1) is 12.2 Å². The van der Waals surface area contributed by atoms with Crippen LogP contribution in [-0.2, 0) is 0 Å². The van der Waals surface area contributed by atoms with E-state index in [1.54, 1.807) is 4.68 Å². The van der Waals surface area contributed by atoms with Gasteiger partial charge in [-0.05, 0) is 75.6 Å². The summed E-state index contributed by atoms with van der Waals surface area (Å²) in [6.07, 6.45) is 11.5. The maximum atomic E-state index is 13.5. The van der Waals surface area contributed by atoms with Gasteiger partial charge in [-0.2, -0.15) is 0 Å². The largest absolute Gasteiger partial charge is 0.477 e. The fraction of sp³-hybridized carbons (Fsp3) is 0.533. The molecule has 212 valence electrons. The molecule has 0 aromatic carbocycles. The molecule has 40 heavy (non-hydrogen) atoms. The Morgan fingerprint density at radius 2 is 1.95 bits per heavy atom. The summed E-state index contributed by atoms with van der Waals surface area (Å²) >= 11 is 1.22. The Morgan fingerprint density at radius 3 is 2.83 bits per heavy atom. The second-order valence-corrected chi connectivity index (χ2v) is 12.7. The summed E-state index contributed by atoms with van der Waals surface area (Å²) in [7, 11) is 0. The van der Waals surface area contributed by atoms with Crippen molar-refractivity contribution in [2.45, 2.75) is 75.8 Å². The van der Waals surface area contributed by atoms with Crippen molar-refractivity contribution in [1.29, 1.82) is 0 Å². The van der Waals surface area contributed by atoms with Gasteiger partial charge in [0.25, 0.3) is 5.91 Å². The van der Waals surface area contributed by atoms with E-state index in [-0.39, 0.29) is 11.4 Å². The fourth-order valence-corrected chi connectivity index (χ4v) is 6.97. The first-order valence-corrected chi connectivity index (χ1v) is 15.4. The minimum atomic E-state index is -0.190. The third kappa shape index (κ3) is 6.06. The molecule has 1 amide bonds. The molecule has 1 saturated carbocycles. The van der Waals surface area contributed by atoms with E-state index < -0.39 is 0 Å². The molecule has 0 unspecified atom stereocenters. The lowest BCUT2D eigenvalue weighted by molar-refractivity contribution is 0.0984. The summed E-state index contributed by atoms with van der Waals surface area (Å²) in [6.45, 7) is 6.91. The number of ether oxygens (including phenoxy) is 1. The Balaban J connectivity index is 1.27. The quantitative estimate of drug-likeness (QED) is 0.374. The summed E-state index contributed by atoms with van der Waals surface area (Å²) in [6, 6.07) is 11.4. The molecule has 0 spiro atoms. The number of carbonyl (C=O) groups is 1. The van der Waals surface area contributed by atoms with Crippen LogP contribution in [0.4, 0.5) is 11.6 Å². The number of hydrogen-bond donors (Lipinski definition) is 2. The van der Waals surface area contributed by atoms with Crippen LogP contribution < -0.4 is 19.7 Å². The average Bonchev–Trinajstić information content (AvgIpc) is 3.70. The number of hydrogen-bond acceptors (Lipinski definition) is 8. The maximum Gasteiger partial charge on any atom is 0.265 e. The van der Waals surface area contributed by atoms with E-state index in [0.29, 0.717) is 35.6 Å². The lowest BCUT2D eigenvalue weighted by Gasteiger charge is -2.34. The summed E-state index contributed by atoms with van der Waals surface area (Å²) in [5.74, 6) is 3.90. The molecule has 3 aromatic heterocycles. The Bertz CT molecular complexity index is 1340. The van der Waals surface area contributed by atoms with Gasteiger partial charge in [0, 0.05) is 42.8 Å². The van der Waals surface area contributed by atoms with Gasteiger partial charge in [-0.3, -0.25) is 9.52 Å². The molecule has 1 aliphatic carbocycles. The van der Waals surface area contributed by atoms with E-state index in [1.807, 2.05) is 42.6 Å². The zero-order chi connectivity index (χ0) is 27.5. The fourth-order valence-electron chi connectivity index (χ4n) is 6.37. The second kappa shape index (κ2) is 11.7. The number of carbonyl (C=O) groups excluding carboxylic acids is 1. The Hall–Kier alpha value is -3.27. The summed E-state index contributed by atoms with van der Waals surface area (Å²) < 4.78 is 10.7. The van der Waals surface area contributed by atoms with Crippen molar-refractivity contribution in [3.8, 4) is 11.7 Å². The van der Waals surface area contributed by atoms with Crippen LogP contribution in [0.1, 0.15) is 75.6 Å². The average molecular weight is 562 g/mol. The van der Waals surface area contributed by atoms with Gasteiger partial charge in [-0.25, -0.2) is 14.6 Å². The normalized spacial score (nSPS) is 21.2. The molecular formula is C30H39N7O2S. The van der Waals surface area contributed by atoms with Gasteiger partial charge in [-0.15, -0.1) is 5.10 Å². The predicted octanol–water partition coefficient (Wildman–Crippen LogP) is 5.87. The highest BCUT2D eigenvalue weighted by Crippen LogP contribution is 2.40. The molecule has 5 heterocycles. The van der Waals surface area contributed by atoms with Crippen LogP contribution in [0.2, 0.25) is 0 Å². The minimum Gasteiger partial charge on any atom is -0.477 e. The monoisotopic (exact) mass is 561 g/mol. The molecule has 1 atom stereocenters. The molecule has 10 heteroatoms. The van der Waals surface area contributed by atoms with Crippen LogP contribution >= 0.6 is 11.9 Å². The first-order chi connectivity index (χ1) is 19.4. The third-order valence-electron chi connectivity index (χ3n) is 8.44. The van der Waals surface area contributed by atoms with Crippen LogP contribution in [0.5, 0.6) is 5.88 Å². The van der Waals surface area contributed by atoms with Gasteiger partial charge in [0.15, 0.2) is 5.82 Å². The summed E-state index contributed by atoms with van der Waals surface area (Å²) in [5.41, 5.74) is 0.419. The lowest BCUT2D eigenvalue weighted by Crippen LogP contribution is -2.40. The van der Waals surface area contributed by atoms with Crippen molar-refractivity contribution < 1.29 is 9.53 Å². The van der Waals surface area contributed by atoms with E-state index in [4.69, 9.17) is 9.72 Å². The van der Waals surface area contributed by atoms with Crippen LogP contribution in [0.15, 0.2) is 47.6 Å². The third-order valence-corrected chi connectivity index (χ3v) is 9.16. The van der Waals surface area contributed by atoms with E-state index in [1.165, 1.54) is 37.6 Å². The molecule has 9 nitrogen and oxygen atoms in total. The number of aromatic nitrogens is 4. The number of nitrogens with one attached hydrogen (secondary N) is 2. The number of pyridine rings is 2. The smallest absolute Gasteiger partial charge is 0.265 e. The summed E-state index contributed by atoms with van der Waals surface area (Å²) in [5, 5.41) is 8.82. The molecule has 3 aliphatic rings. The molecule has 0 radical (unpaired) electrons. The number of rotatable bonds is 5. The molecule has 2 aliphatic heterocycles. The SMILES string of the molecule is CC1(C)C[C@H]2CCCNc3cccc(n3)SNC(=O)c3ccc(-n4ccc(OCCC5CCCC5)n4)nc3N1C2. The highest BCUT2D eigenvalue weighted by Gasteiger charge is 2.40. The highest BCUT2D eigenvalue weighted by atomic mass is 32.2. The second-order valence-electron chi connectivity index (χ2n) is 11.9. The highest BCUT2D eigenvalue weighted by molar-refractivity contribution is 7.97. The van der Waals surface area contributed by atoms with Crippen LogP contribution in [0.25, 0.3) is 5.82 Å². The molecule has 1 saturated heterocycles. The minimum absolute atomic E-state index is 0.132. The van der Waals surface area contributed by atoms with Crippen molar-refractivity contribution in [2.75, 3.05) is 29.9 Å². The maximum absolute atomic E-state index is 13.5. The molecule has 3 aromatic rings. The lowest BCUT2D eigenvalue weighted by atomic mass is 9.93. The van der Waals surface area contributed by atoms with Crippen molar-refractivity contribution in [1.82, 2.24) is 24.5 Å². The standard InChI is InChI=1S/C30H39N7O2S/c1-30(2)19-22-9-6-16-31-24-10-5-11-27(32-24)40-35-29(38)23-12-13-25(33-28(23)36(30)20-22)37-17-14-26(34-37)39-18-15-21-7-3-4-8-21/h5,10-14,17,21-22H,3-4,6-9,15-16,18-20H2,1-2H3,(H,31,32)(H,35,38)/t22-/m1/s1. The number of anilines is 2. The van der Waals surface area contributed by atoms with Crippen molar-refractivity contribution in [3.05, 3.63) is 48.2 Å². The van der Waals surface area contributed by atoms with Gasteiger partial charge in [0.1, 0.15) is 16.7 Å². The Morgan fingerprint density at radius 1 is 1.07 bits per heavy atom. The number of amides is 1. The van der Waals surface area contributed by atoms with Gasteiger partial charge in [0.2, 0.25) is 5.88 Å². The predicted molar refractivity (Wildman–Crippen MR) is 158 cm³/mol. The van der Waals surface area contributed by atoms with E-state index >= 15 is 0 Å². The van der Waals surface area contributed by atoms with E-state index in [2.05, 4.69) is 38.9 Å². The molecule has 6 rings (SSSR count). The van der Waals surface area contributed by atoms with Crippen molar-refractivity contribution in [3.63, 3.8) is 0 Å². The van der Waals surface area contributed by atoms with E-state index in [9.17, 15) is 4.79 Å². The number of nitrogens with zero attached hydrogens (tertiary/aromatic N) is 5. The first-order valence-electron chi connectivity index (χ1n) is 14.6.